The Morgan fingerprint density at radius 3 is 2.50 bits per heavy atom. The lowest BCUT2D eigenvalue weighted by molar-refractivity contribution is 0.498. The van der Waals surface area contributed by atoms with Crippen LogP contribution in [0.5, 0.6) is 0 Å². The highest BCUT2D eigenvalue weighted by Crippen LogP contribution is 2.40. The molecule has 0 fully saturated rings. The van der Waals surface area contributed by atoms with Crippen LogP contribution < -0.4 is 5.63 Å². The van der Waals surface area contributed by atoms with Crippen LogP contribution in [0.3, 0.4) is 0 Å². The minimum absolute atomic E-state index is 0.291. The SMILES string of the molecule is O=c1ccc([SH]2C=CC=C2)co1. The van der Waals surface area contributed by atoms with Crippen molar-refractivity contribution in [2.45, 2.75) is 4.90 Å². The van der Waals surface area contributed by atoms with Crippen LogP contribution in [-0.4, -0.2) is 0 Å². The Hall–Kier alpha value is -1.22. The molecule has 0 saturated carbocycles. The van der Waals surface area contributed by atoms with Crippen LogP contribution >= 0.6 is 10.9 Å². The van der Waals surface area contributed by atoms with E-state index in [-0.39, 0.29) is 16.5 Å². The van der Waals surface area contributed by atoms with Gasteiger partial charge in [0.15, 0.2) is 0 Å². The second-order valence-corrected chi connectivity index (χ2v) is 4.33. The number of hydrogen-bond donors (Lipinski definition) is 1. The van der Waals surface area contributed by atoms with Gasteiger partial charge >= 0.3 is 5.63 Å². The summed E-state index contributed by atoms with van der Waals surface area (Å²) in [5.74, 6) is 0. The molecule has 1 aliphatic heterocycles. The number of thiol groups is 1. The van der Waals surface area contributed by atoms with Crippen LogP contribution in [0.1, 0.15) is 0 Å². The molecule has 0 amide bonds. The Balaban J connectivity index is 2.35. The summed E-state index contributed by atoms with van der Waals surface area (Å²) in [4.78, 5) is 11.7. The van der Waals surface area contributed by atoms with Gasteiger partial charge < -0.3 is 4.42 Å². The van der Waals surface area contributed by atoms with Gasteiger partial charge in [0.2, 0.25) is 0 Å². The third kappa shape index (κ3) is 1.36. The Morgan fingerprint density at radius 1 is 1.17 bits per heavy atom. The fraction of sp³-hybridized carbons (Fsp3) is 0. The molecule has 62 valence electrons. The quantitative estimate of drug-likeness (QED) is 0.670. The van der Waals surface area contributed by atoms with Crippen LogP contribution in [0.15, 0.2) is 55.5 Å². The summed E-state index contributed by atoms with van der Waals surface area (Å²) in [7, 11) is -0.346. The van der Waals surface area contributed by atoms with Crippen LogP contribution in [0, 0.1) is 0 Å². The fourth-order valence-corrected chi connectivity index (χ4v) is 2.44. The Bertz CT molecular complexity index is 357. The highest BCUT2D eigenvalue weighted by molar-refractivity contribution is 8.22. The van der Waals surface area contributed by atoms with E-state index in [1.54, 1.807) is 0 Å². The fourth-order valence-electron chi connectivity index (χ4n) is 1.00. The maximum Gasteiger partial charge on any atom is 0.335 e. The molecule has 1 aliphatic rings. The highest BCUT2D eigenvalue weighted by Gasteiger charge is 2.02. The summed E-state index contributed by atoms with van der Waals surface area (Å²) in [5.41, 5.74) is -0.291. The van der Waals surface area contributed by atoms with Crippen LogP contribution in [0.4, 0.5) is 0 Å². The zero-order chi connectivity index (χ0) is 8.39. The van der Waals surface area contributed by atoms with Gasteiger partial charge in [0.1, 0.15) is 6.26 Å². The molecular formula is C9H8O2S. The van der Waals surface area contributed by atoms with E-state index in [1.807, 2.05) is 18.2 Å². The molecule has 2 nitrogen and oxygen atoms in total. The van der Waals surface area contributed by atoms with Gasteiger partial charge in [-0.25, -0.2) is 4.79 Å². The van der Waals surface area contributed by atoms with Crippen molar-refractivity contribution in [3.63, 3.8) is 0 Å². The van der Waals surface area contributed by atoms with E-state index >= 15 is 0 Å². The van der Waals surface area contributed by atoms with E-state index in [1.165, 1.54) is 12.3 Å². The molecule has 2 rings (SSSR count). The first-order valence-corrected chi connectivity index (χ1v) is 5.06. The largest absolute Gasteiger partial charge is 0.430 e. The number of rotatable bonds is 1. The van der Waals surface area contributed by atoms with Crippen molar-refractivity contribution in [2.75, 3.05) is 0 Å². The molecule has 0 radical (unpaired) electrons. The predicted molar refractivity (Wildman–Crippen MR) is 50.5 cm³/mol. The van der Waals surface area contributed by atoms with E-state index in [2.05, 4.69) is 10.8 Å². The summed E-state index contributed by atoms with van der Waals surface area (Å²) in [6, 6.07) is 3.27. The predicted octanol–water partition coefficient (Wildman–Crippen LogP) is 2.04. The number of allylic oxidation sites excluding steroid dienone is 2. The summed E-state index contributed by atoms with van der Waals surface area (Å²) < 4.78 is 4.76. The van der Waals surface area contributed by atoms with Crippen molar-refractivity contribution >= 4 is 10.9 Å². The molecule has 1 aromatic rings. The lowest BCUT2D eigenvalue weighted by Gasteiger charge is -2.07. The molecule has 0 N–H and O–H groups in total. The maximum atomic E-state index is 10.6. The molecule has 0 atom stereocenters. The van der Waals surface area contributed by atoms with Crippen LogP contribution in [0.25, 0.3) is 0 Å². The van der Waals surface area contributed by atoms with Gasteiger partial charge in [-0.1, -0.05) is 12.2 Å². The van der Waals surface area contributed by atoms with Crippen molar-refractivity contribution in [3.8, 4) is 0 Å². The minimum Gasteiger partial charge on any atom is -0.430 e. The van der Waals surface area contributed by atoms with Crippen LogP contribution in [-0.2, 0) is 0 Å². The molecule has 0 spiro atoms. The van der Waals surface area contributed by atoms with E-state index in [4.69, 9.17) is 4.42 Å². The molecule has 0 aliphatic carbocycles. The zero-order valence-corrected chi connectivity index (χ0v) is 7.20. The van der Waals surface area contributed by atoms with E-state index in [0.717, 1.165) is 4.90 Å². The lowest BCUT2D eigenvalue weighted by Crippen LogP contribution is -1.93. The molecule has 0 unspecified atom stereocenters. The lowest BCUT2D eigenvalue weighted by atomic mass is 10.5. The van der Waals surface area contributed by atoms with Crippen molar-refractivity contribution < 1.29 is 4.42 Å². The molecule has 2 heterocycles. The van der Waals surface area contributed by atoms with Gasteiger partial charge in [-0.05, 0) is 16.9 Å². The molecular weight excluding hydrogens is 172 g/mol. The zero-order valence-electron chi connectivity index (χ0n) is 6.31. The van der Waals surface area contributed by atoms with Gasteiger partial charge in [0, 0.05) is 11.0 Å². The molecule has 12 heavy (non-hydrogen) atoms. The number of hydrogen-bond acceptors (Lipinski definition) is 2. The van der Waals surface area contributed by atoms with E-state index < -0.39 is 0 Å². The first-order chi connectivity index (χ1) is 5.86. The van der Waals surface area contributed by atoms with Crippen molar-refractivity contribution in [1.82, 2.24) is 0 Å². The second-order valence-electron chi connectivity index (χ2n) is 2.40. The Labute approximate surface area is 72.6 Å². The van der Waals surface area contributed by atoms with Gasteiger partial charge in [-0.15, -0.1) is 0 Å². The van der Waals surface area contributed by atoms with Gasteiger partial charge in [-0.3, -0.25) is 0 Å². The summed E-state index contributed by atoms with van der Waals surface area (Å²) in [6.45, 7) is 0. The minimum atomic E-state index is -0.346. The monoisotopic (exact) mass is 180 g/mol. The summed E-state index contributed by atoms with van der Waals surface area (Å²) in [6.07, 6.45) is 5.56. The first kappa shape index (κ1) is 7.43. The Morgan fingerprint density at radius 2 is 1.92 bits per heavy atom. The second kappa shape index (κ2) is 3.03. The van der Waals surface area contributed by atoms with Crippen molar-refractivity contribution in [3.05, 3.63) is 51.8 Å². The van der Waals surface area contributed by atoms with E-state index in [0.29, 0.717) is 0 Å². The molecule has 0 bridgehead atoms. The van der Waals surface area contributed by atoms with Gasteiger partial charge in [0.25, 0.3) is 0 Å². The van der Waals surface area contributed by atoms with Crippen LogP contribution in [0.2, 0.25) is 0 Å². The molecule has 1 aromatic heterocycles. The average Bonchev–Trinajstić information content (AvgIpc) is 2.58. The Kier molecular flexibility index (Phi) is 1.87. The van der Waals surface area contributed by atoms with E-state index in [9.17, 15) is 4.79 Å². The van der Waals surface area contributed by atoms with Gasteiger partial charge in [0.05, 0.1) is 0 Å². The van der Waals surface area contributed by atoms with Crippen molar-refractivity contribution in [1.29, 1.82) is 0 Å². The summed E-state index contributed by atoms with van der Waals surface area (Å²) in [5, 5.41) is 4.23. The smallest absolute Gasteiger partial charge is 0.335 e. The first-order valence-electron chi connectivity index (χ1n) is 3.58. The van der Waals surface area contributed by atoms with Crippen molar-refractivity contribution in [2.24, 2.45) is 0 Å². The third-order valence-corrected chi connectivity index (χ3v) is 3.43. The highest BCUT2D eigenvalue weighted by atomic mass is 32.2. The topological polar surface area (TPSA) is 30.2 Å². The molecule has 0 aromatic carbocycles. The molecule has 0 saturated heterocycles. The average molecular weight is 180 g/mol. The molecule has 3 heteroatoms. The third-order valence-electron chi connectivity index (χ3n) is 1.59. The maximum absolute atomic E-state index is 10.6. The normalized spacial score (nSPS) is 17.2. The summed E-state index contributed by atoms with van der Waals surface area (Å²) >= 11 is 0. The standard InChI is InChI=1S/C9H8O2S/c10-9-4-3-8(7-11-9)12-5-1-2-6-12/h1-7,12H. The van der Waals surface area contributed by atoms with Gasteiger partial charge in [-0.2, -0.15) is 10.9 Å².